The van der Waals surface area contributed by atoms with E-state index in [1.54, 1.807) is 7.11 Å². The number of ether oxygens (including phenoxy) is 1. The van der Waals surface area contributed by atoms with E-state index < -0.39 is 0 Å². The van der Waals surface area contributed by atoms with Crippen LogP contribution in [0, 0.1) is 0 Å². The fourth-order valence-corrected chi connectivity index (χ4v) is 1.03. The summed E-state index contributed by atoms with van der Waals surface area (Å²) in [6.07, 6.45) is 2.58. The average Bonchev–Trinajstić information content (AvgIpc) is 2.14. The molecule has 0 aliphatic heterocycles. The summed E-state index contributed by atoms with van der Waals surface area (Å²) in [4.78, 5) is 10.7. The zero-order valence-electron chi connectivity index (χ0n) is 5.02. The van der Waals surface area contributed by atoms with Crippen LogP contribution < -0.4 is 0 Å². The van der Waals surface area contributed by atoms with Crippen LogP contribution in [-0.2, 0) is 9.53 Å². The van der Waals surface area contributed by atoms with Gasteiger partial charge >= 0.3 is 0 Å². The standard InChI is InChI=1S/C6H10O2/c1-8-6-4-2-3-5(6)7/h6H,2-4H2,1H3/t6-/m0/s1. The van der Waals surface area contributed by atoms with Crippen LogP contribution in [-0.4, -0.2) is 19.0 Å². The van der Waals surface area contributed by atoms with Gasteiger partial charge in [0, 0.05) is 13.5 Å². The van der Waals surface area contributed by atoms with Crippen molar-refractivity contribution < 1.29 is 9.53 Å². The average molecular weight is 114 g/mol. The largest absolute Gasteiger partial charge is 0.374 e. The van der Waals surface area contributed by atoms with Crippen molar-refractivity contribution in [2.24, 2.45) is 0 Å². The predicted octanol–water partition coefficient (Wildman–Crippen LogP) is 0.754. The van der Waals surface area contributed by atoms with E-state index in [9.17, 15) is 4.79 Å². The van der Waals surface area contributed by atoms with Crippen LogP contribution in [0.15, 0.2) is 0 Å². The maximum atomic E-state index is 10.7. The van der Waals surface area contributed by atoms with Crippen LogP contribution in [0.5, 0.6) is 0 Å². The number of ketones is 1. The molecule has 0 aromatic rings. The van der Waals surface area contributed by atoms with E-state index >= 15 is 0 Å². The van der Waals surface area contributed by atoms with Gasteiger partial charge in [0.1, 0.15) is 6.10 Å². The smallest absolute Gasteiger partial charge is 0.161 e. The second-order valence-corrected chi connectivity index (χ2v) is 2.08. The molecule has 0 unspecified atom stereocenters. The summed E-state index contributed by atoms with van der Waals surface area (Å²) in [6, 6.07) is 0. The van der Waals surface area contributed by atoms with Crippen molar-refractivity contribution in [2.45, 2.75) is 25.4 Å². The molecule has 2 nitrogen and oxygen atoms in total. The molecule has 0 amide bonds. The van der Waals surface area contributed by atoms with Crippen molar-refractivity contribution in [3.63, 3.8) is 0 Å². The summed E-state index contributed by atoms with van der Waals surface area (Å²) in [5.74, 6) is 0.271. The Hall–Kier alpha value is -0.370. The Morgan fingerprint density at radius 2 is 2.50 bits per heavy atom. The van der Waals surface area contributed by atoms with Crippen LogP contribution in [0.1, 0.15) is 19.3 Å². The lowest BCUT2D eigenvalue weighted by Crippen LogP contribution is -2.14. The lowest BCUT2D eigenvalue weighted by molar-refractivity contribution is -0.125. The molecule has 1 aliphatic rings. The maximum Gasteiger partial charge on any atom is 0.161 e. The van der Waals surface area contributed by atoms with E-state index in [0.717, 1.165) is 19.3 Å². The highest BCUT2D eigenvalue weighted by atomic mass is 16.5. The van der Waals surface area contributed by atoms with Crippen molar-refractivity contribution in [3.05, 3.63) is 0 Å². The van der Waals surface area contributed by atoms with Crippen LogP contribution in [0.25, 0.3) is 0 Å². The van der Waals surface area contributed by atoms with Gasteiger partial charge in [-0.15, -0.1) is 0 Å². The number of hydrogen-bond donors (Lipinski definition) is 0. The first-order chi connectivity index (χ1) is 3.84. The molecule has 46 valence electrons. The Morgan fingerprint density at radius 1 is 1.75 bits per heavy atom. The minimum Gasteiger partial charge on any atom is -0.374 e. The first-order valence-electron chi connectivity index (χ1n) is 2.90. The summed E-state index contributed by atoms with van der Waals surface area (Å²) in [6.45, 7) is 0. The monoisotopic (exact) mass is 114 g/mol. The fourth-order valence-electron chi connectivity index (χ4n) is 1.03. The highest BCUT2D eigenvalue weighted by molar-refractivity contribution is 5.84. The molecular weight excluding hydrogens is 104 g/mol. The third-order valence-electron chi connectivity index (χ3n) is 1.53. The summed E-state index contributed by atoms with van der Waals surface area (Å²) < 4.78 is 4.87. The number of rotatable bonds is 1. The molecule has 2 heteroatoms. The van der Waals surface area contributed by atoms with Crippen LogP contribution >= 0.6 is 0 Å². The Kier molecular flexibility index (Phi) is 1.63. The Balaban J connectivity index is 2.42. The third kappa shape index (κ3) is 0.892. The van der Waals surface area contributed by atoms with Gasteiger partial charge in [-0.25, -0.2) is 0 Å². The topological polar surface area (TPSA) is 26.3 Å². The molecule has 1 saturated carbocycles. The lowest BCUT2D eigenvalue weighted by atomic mass is 10.3. The number of Topliss-reactive ketones (excluding diaryl/α,β-unsaturated/α-hetero) is 1. The molecule has 8 heavy (non-hydrogen) atoms. The van der Waals surface area contributed by atoms with Crippen LogP contribution in [0.3, 0.4) is 0 Å². The summed E-state index contributed by atoms with van der Waals surface area (Å²) in [5, 5.41) is 0. The molecule has 0 bridgehead atoms. The number of carbonyl (C=O) groups excluding carboxylic acids is 1. The van der Waals surface area contributed by atoms with Gasteiger partial charge in [0.05, 0.1) is 0 Å². The summed E-state index contributed by atoms with van der Waals surface area (Å²) in [5.41, 5.74) is 0. The van der Waals surface area contributed by atoms with E-state index in [1.807, 2.05) is 0 Å². The first-order valence-corrected chi connectivity index (χ1v) is 2.90. The maximum absolute atomic E-state index is 10.7. The molecule has 1 aliphatic carbocycles. The summed E-state index contributed by atoms with van der Waals surface area (Å²) >= 11 is 0. The van der Waals surface area contributed by atoms with E-state index in [1.165, 1.54) is 0 Å². The quantitative estimate of drug-likeness (QED) is 0.503. The van der Waals surface area contributed by atoms with Crippen molar-refractivity contribution in [2.75, 3.05) is 7.11 Å². The van der Waals surface area contributed by atoms with Gasteiger partial charge in [-0.2, -0.15) is 0 Å². The van der Waals surface area contributed by atoms with Gasteiger partial charge in [0.15, 0.2) is 5.78 Å². The molecule has 0 N–H and O–H groups in total. The molecule has 0 aromatic carbocycles. The van der Waals surface area contributed by atoms with E-state index in [2.05, 4.69) is 0 Å². The predicted molar refractivity (Wildman–Crippen MR) is 29.7 cm³/mol. The van der Waals surface area contributed by atoms with E-state index in [-0.39, 0.29) is 11.9 Å². The van der Waals surface area contributed by atoms with Gasteiger partial charge < -0.3 is 4.74 Å². The fraction of sp³-hybridized carbons (Fsp3) is 0.833. The molecule has 0 radical (unpaired) electrons. The highest BCUT2D eigenvalue weighted by Crippen LogP contribution is 2.16. The van der Waals surface area contributed by atoms with Gasteiger partial charge in [0.25, 0.3) is 0 Å². The lowest BCUT2D eigenvalue weighted by Gasteiger charge is -2.01. The van der Waals surface area contributed by atoms with Crippen molar-refractivity contribution in [1.82, 2.24) is 0 Å². The van der Waals surface area contributed by atoms with Crippen molar-refractivity contribution in [1.29, 1.82) is 0 Å². The molecule has 1 rings (SSSR count). The number of hydrogen-bond acceptors (Lipinski definition) is 2. The Labute approximate surface area is 48.8 Å². The molecule has 0 aromatic heterocycles. The minimum absolute atomic E-state index is 0.0741. The zero-order valence-corrected chi connectivity index (χ0v) is 5.02. The van der Waals surface area contributed by atoms with E-state index in [0.29, 0.717) is 0 Å². The minimum atomic E-state index is -0.0741. The van der Waals surface area contributed by atoms with Gasteiger partial charge in [-0.3, -0.25) is 4.79 Å². The molecule has 0 spiro atoms. The molecule has 1 atom stereocenters. The van der Waals surface area contributed by atoms with Gasteiger partial charge in [-0.05, 0) is 12.8 Å². The second kappa shape index (κ2) is 2.27. The first kappa shape index (κ1) is 5.76. The van der Waals surface area contributed by atoms with Gasteiger partial charge in [-0.1, -0.05) is 0 Å². The Morgan fingerprint density at radius 3 is 2.75 bits per heavy atom. The summed E-state index contributed by atoms with van der Waals surface area (Å²) in [7, 11) is 1.59. The van der Waals surface area contributed by atoms with Crippen molar-refractivity contribution >= 4 is 5.78 Å². The van der Waals surface area contributed by atoms with E-state index in [4.69, 9.17) is 4.74 Å². The third-order valence-corrected chi connectivity index (χ3v) is 1.53. The number of carbonyl (C=O) groups is 1. The van der Waals surface area contributed by atoms with Crippen molar-refractivity contribution in [3.8, 4) is 0 Å². The van der Waals surface area contributed by atoms with Gasteiger partial charge in [0.2, 0.25) is 0 Å². The molecule has 1 fully saturated rings. The Bertz CT molecular complexity index is 98.7. The van der Waals surface area contributed by atoms with Crippen LogP contribution in [0.2, 0.25) is 0 Å². The van der Waals surface area contributed by atoms with Crippen LogP contribution in [0.4, 0.5) is 0 Å². The zero-order chi connectivity index (χ0) is 5.98. The highest BCUT2D eigenvalue weighted by Gasteiger charge is 2.22. The molecule has 0 saturated heterocycles. The molecule has 0 heterocycles. The second-order valence-electron chi connectivity index (χ2n) is 2.08. The molecular formula is C6H10O2. The SMILES string of the molecule is CO[C@H]1CCCC1=O. The number of methoxy groups -OCH3 is 1. The normalized spacial score (nSPS) is 29.1.